The second-order valence-electron chi connectivity index (χ2n) is 7.02. The minimum absolute atomic E-state index is 0.0486. The molecule has 2 atom stereocenters. The zero-order valence-electron chi connectivity index (χ0n) is 18.4. The van der Waals surface area contributed by atoms with E-state index in [4.69, 9.17) is 30.1 Å². The normalized spacial score (nSPS) is 14.0. The zero-order chi connectivity index (χ0) is 23.0. The van der Waals surface area contributed by atoms with Gasteiger partial charge in [0.1, 0.15) is 18.6 Å². The third-order valence-electron chi connectivity index (χ3n) is 4.72. The monoisotopic (exact) mass is 482 g/mol. The van der Waals surface area contributed by atoms with Crippen molar-refractivity contribution in [3.8, 4) is 0 Å². The minimum atomic E-state index is -3.36. The Balaban J connectivity index is 1.75. The average Bonchev–Trinajstić information content (AvgIpc) is 3.20. The second-order valence-corrected chi connectivity index (χ2v) is 9.48. The molecule has 174 valence electrons. The number of halogens is 1. The molecule has 11 heteroatoms. The maximum atomic E-state index is 13.2. The molecular formula is C21H28ClN4O5P. The van der Waals surface area contributed by atoms with Crippen LogP contribution < -0.4 is 0 Å². The average molecular weight is 483 g/mol. The zero-order valence-corrected chi connectivity index (χ0v) is 20.0. The molecule has 3 aromatic rings. The summed E-state index contributed by atoms with van der Waals surface area (Å²) >= 11 is 6.08. The summed E-state index contributed by atoms with van der Waals surface area (Å²) in [5, 5.41) is 0.266. The summed E-state index contributed by atoms with van der Waals surface area (Å²) in [5.74, 6) is 0. The summed E-state index contributed by atoms with van der Waals surface area (Å²) in [7, 11) is -3.36. The van der Waals surface area contributed by atoms with Crippen LogP contribution in [0.15, 0.2) is 43.0 Å². The molecule has 0 spiro atoms. The first-order valence-corrected chi connectivity index (χ1v) is 12.5. The van der Waals surface area contributed by atoms with E-state index in [1.807, 2.05) is 37.3 Å². The summed E-state index contributed by atoms with van der Waals surface area (Å²) < 4.78 is 38.0. The maximum absolute atomic E-state index is 13.2. The SMILES string of the molecule is CCOP(=O)(C[C@@H](OCn1cnc2c(Cl)ncnc21)[C@H](C)OCc1ccccc1)OCC. The van der Waals surface area contributed by atoms with Gasteiger partial charge < -0.3 is 18.5 Å². The highest BCUT2D eigenvalue weighted by Crippen LogP contribution is 2.49. The minimum Gasteiger partial charge on any atom is -0.371 e. The van der Waals surface area contributed by atoms with Crippen molar-refractivity contribution in [1.82, 2.24) is 19.5 Å². The van der Waals surface area contributed by atoms with Gasteiger partial charge >= 0.3 is 7.60 Å². The van der Waals surface area contributed by atoms with Gasteiger partial charge in [-0.2, -0.15) is 0 Å². The van der Waals surface area contributed by atoms with Crippen molar-refractivity contribution in [2.45, 2.75) is 46.3 Å². The highest BCUT2D eigenvalue weighted by Gasteiger charge is 2.33. The highest BCUT2D eigenvalue weighted by molar-refractivity contribution is 7.53. The van der Waals surface area contributed by atoms with Crippen LogP contribution in [-0.4, -0.2) is 51.1 Å². The van der Waals surface area contributed by atoms with Gasteiger partial charge in [0.2, 0.25) is 0 Å². The number of aromatic nitrogens is 4. The molecule has 0 fully saturated rings. The maximum Gasteiger partial charge on any atom is 0.333 e. The van der Waals surface area contributed by atoms with Crippen LogP contribution in [0.2, 0.25) is 5.15 Å². The molecule has 0 amide bonds. The van der Waals surface area contributed by atoms with Crippen molar-refractivity contribution in [3.63, 3.8) is 0 Å². The summed E-state index contributed by atoms with van der Waals surface area (Å²) in [6.45, 7) is 6.46. The van der Waals surface area contributed by atoms with E-state index in [0.717, 1.165) is 5.56 Å². The van der Waals surface area contributed by atoms with E-state index >= 15 is 0 Å². The predicted octanol–water partition coefficient (Wildman–Crippen LogP) is 4.69. The van der Waals surface area contributed by atoms with Crippen molar-refractivity contribution in [3.05, 3.63) is 53.7 Å². The van der Waals surface area contributed by atoms with E-state index in [1.165, 1.54) is 6.33 Å². The molecule has 0 unspecified atom stereocenters. The molecule has 0 aliphatic rings. The largest absolute Gasteiger partial charge is 0.371 e. The van der Waals surface area contributed by atoms with Crippen LogP contribution in [0.4, 0.5) is 0 Å². The lowest BCUT2D eigenvalue weighted by Gasteiger charge is -2.28. The molecule has 0 radical (unpaired) electrons. The summed E-state index contributed by atoms with van der Waals surface area (Å²) in [6, 6.07) is 9.81. The van der Waals surface area contributed by atoms with E-state index in [9.17, 15) is 4.57 Å². The van der Waals surface area contributed by atoms with Crippen LogP contribution in [0.3, 0.4) is 0 Å². The molecule has 0 N–H and O–H groups in total. The first-order chi connectivity index (χ1) is 15.5. The molecular weight excluding hydrogens is 455 g/mol. The van der Waals surface area contributed by atoms with Gasteiger partial charge in [0.25, 0.3) is 0 Å². The lowest BCUT2D eigenvalue weighted by atomic mass is 10.2. The van der Waals surface area contributed by atoms with Gasteiger partial charge in [-0.3, -0.25) is 9.13 Å². The number of ether oxygens (including phenoxy) is 2. The number of fused-ring (bicyclic) bond motifs is 1. The van der Waals surface area contributed by atoms with E-state index in [0.29, 0.717) is 17.8 Å². The number of benzene rings is 1. The van der Waals surface area contributed by atoms with E-state index in [2.05, 4.69) is 15.0 Å². The summed E-state index contributed by atoms with van der Waals surface area (Å²) in [6.07, 6.45) is 2.02. The van der Waals surface area contributed by atoms with Crippen LogP contribution in [0, 0.1) is 0 Å². The number of nitrogens with zero attached hydrogens (tertiary/aromatic N) is 4. The van der Waals surface area contributed by atoms with Crippen molar-refractivity contribution in [1.29, 1.82) is 0 Å². The highest BCUT2D eigenvalue weighted by atomic mass is 35.5. The Labute approximate surface area is 192 Å². The molecule has 0 bridgehead atoms. The Kier molecular flexibility index (Phi) is 9.16. The standard InChI is InChI=1S/C21H28ClN4O5P/c1-4-30-32(27,31-5-2)12-18(16(3)28-11-17-9-7-6-8-10-17)29-15-26-14-25-19-20(22)23-13-24-21(19)26/h6-10,13-14,16,18H,4-5,11-12,15H2,1-3H3/t16-,18+/m0/s1. The number of imidazole rings is 1. The topological polar surface area (TPSA) is 97.6 Å². The van der Waals surface area contributed by atoms with Crippen LogP contribution in [0.5, 0.6) is 0 Å². The van der Waals surface area contributed by atoms with Gasteiger partial charge in [0.15, 0.2) is 10.8 Å². The van der Waals surface area contributed by atoms with Crippen LogP contribution in [-0.2, 0) is 36.4 Å². The van der Waals surface area contributed by atoms with Gasteiger partial charge in [-0.05, 0) is 26.3 Å². The fraction of sp³-hybridized carbons (Fsp3) is 0.476. The second kappa shape index (κ2) is 11.8. The number of hydrogen-bond acceptors (Lipinski definition) is 8. The lowest BCUT2D eigenvalue weighted by molar-refractivity contribution is -0.0823. The molecule has 32 heavy (non-hydrogen) atoms. The third kappa shape index (κ3) is 6.57. The first-order valence-electron chi connectivity index (χ1n) is 10.4. The fourth-order valence-electron chi connectivity index (χ4n) is 3.12. The van der Waals surface area contributed by atoms with Crippen LogP contribution in [0.1, 0.15) is 26.3 Å². The molecule has 2 heterocycles. The predicted molar refractivity (Wildman–Crippen MR) is 122 cm³/mol. The Bertz CT molecular complexity index is 1030. The van der Waals surface area contributed by atoms with Crippen LogP contribution in [0.25, 0.3) is 11.2 Å². The van der Waals surface area contributed by atoms with Gasteiger partial charge in [0.05, 0.1) is 44.5 Å². The third-order valence-corrected chi connectivity index (χ3v) is 7.11. The van der Waals surface area contributed by atoms with Gasteiger partial charge in [0, 0.05) is 0 Å². The first kappa shape index (κ1) is 24.8. The van der Waals surface area contributed by atoms with E-state index < -0.39 is 19.8 Å². The number of rotatable bonds is 13. The van der Waals surface area contributed by atoms with Crippen molar-refractivity contribution in [2.24, 2.45) is 0 Å². The van der Waals surface area contributed by atoms with Crippen molar-refractivity contribution >= 4 is 30.4 Å². The molecule has 0 aliphatic heterocycles. The Hall–Kier alpha value is -1.87. The molecule has 3 rings (SSSR count). The molecule has 2 aromatic heterocycles. The van der Waals surface area contributed by atoms with Gasteiger partial charge in [-0.25, -0.2) is 15.0 Å². The molecule has 1 aromatic carbocycles. The molecule has 0 saturated carbocycles. The van der Waals surface area contributed by atoms with Crippen molar-refractivity contribution < 1.29 is 23.1 Å². The van der Waals surface area contributed by atoms with E-state index in [1.54, 1.807) is 24.7 Å². The Morgan fingerprint density at radius 3 is 2.47 bits per heavy atom. The lowest BCUT2D eigenvalue weighted by Crippen LogP contribution is -2.33. The van der Waals surface area contributed by atoms with Gasteiger partial charge in [-0.15, -0.1) is 0 Å². The Morgan fingerprint density at radius 2 is 1.78 bits per heavy atom. The smallest absolute Gasteiger partial charge is 0.333 e. The summed E-state index contributed by atoms with van der Waals surface area (Å²) in [5.41, 5.74) is 2.05. The quantitative estimate of drug-likeness (QED) is 0.255. The molecule has 0 saturated heterocycles. The van der Waals surface area contributed by atoms with Gasteiger partial charge in [-0.1, -0.05) is 41.9 Å². The molecule has 0 aliphatic carbocycles. The molecule has 9 nitrogen and oxygen atoms in total. The van der Waals surface area contributed by atoms with E-state index in [-0.39, 0.29) is 31.3 Å². The summed E-state index contributed by atoms with van der Waals surface area (Å²) in [4.78, 5) is 12.4. The van der Waals surface area contributed by atoms with Crippen LogP contribution >= 0.6 is 19.2 Å². The Morgan fingerprint density at radius 1 is 1.06 bits per heavy atom. The van der Waals surface area contributed by atoms with Crippen molar-refractivity contribution in [2.75, 3.05) is 19.4 Å². The fourth-order valence-corrected chi connectivity index (χ4v) is 5.22. The number of hydrogen-bond donors (Lipinski definition) is 0.